The normalized spacial score (nSPS) is 18.9. The molecule has 2 heterocycles. The lowest BCUT2D eigenvalue weighted by Gasteiger charge is -2.42. The summed E-state index contributed by atoms with van der Waals surface area (Å²) in [6.07, 6.45) is 1.57. The van der Waals surface area contributed by atoms with Crippen molar-refractivity contribution in [3.63, 3.8) is 0 Å². The molecule has 1 aromatic rings. The summed E-state index contributed by atoms with van der Waals surface area (Å²) in [5.74, 6) is 0.957. The van der Waals surface area contributed by atoms with Crippen molar-refractivity contribution in [3.8, 4) is 5.75 Å². The smallest absolute Gasteiger partial charge is 0.234 e. The number of hydrogen-bond donors (Lipinski definition) is 1. The van der Waals surface area contributed by atoms with Crippen LogP contribution in [-0.2, 0) is 20.9 Å². The molecule has 7 heteroatoms. The van der Waals surface area contributed by atoms with Gasteiger partial charge in [-0.05, 0) is 13.0 Å². The van der Waals surface area contributed by atoms with Crippen molar-refractivity contribution in [1.29, 1.82) is 0 Å². The highest BCUT2D eigenvalue weighted by Crippen LogP contribution is 2.36. The van der Waals surface area contributed by atoms with Crippen molar-refractivity contribution in [3.05, 3.63) is 29.3 Å². The molecule has 0 atom stereocenters. The summed E-state index contributed by atoms with van der Waals surface area (Å²) in [5, 5.41) is 2.86. The zero-order valence-corrected chi connectivity index (χ0v) is 17.1. The molecule has 1 N–H and O–H groups in total. The number of methoxy groups -OCH3 is 1. The Morgan fingerprint density at radius 2 is 2.04 bits per heavy atom. The van der Waals surface area contributed by atoms with Gasteiger partial charge in [-0.15, -0.1) is 0 Å². The third kappa shape index (κ3) is 5.02. The topological polar surface area (TPSA) is 71.1 Å². The van der Waals surface area contributed by atoms with Crippen molar-refractivity contribution < 1.29 is 19.1 Å². The lowest BCUT2D eigenvalue weighted by atomic mass is 9.90. The first-order valence-electron chi connectivity index (χ1n) is 9.93. The van der Waals surface area contributed by atoms with Crippen LogP contribution >= 0.6 is 0 Å². The van der Waals surface area contributed by atoms with Crippen molar-refractivity contribution in [1.82, 2.24) is 15.1 Å². The molecule has 28 heavy (non-hydrogen) atoms. The van der Waals surface area contributed by atoms with Crippen LogP contribution in [0.15, 0.2) is 18.2 Å². The van der Waals surface area contributed by atoms with Crippen LogP contribution in [0.2, 0.25) is 0 Å². The zero-order valence-electron chi connectivity index (χ0n) is 17.1. The number of carbonyl (C=O) groups is 2. The van der Waals surface area contributed by atoms with Gasteiger partial charge in [-0.1, -0.05) is 17.7 Å². The highest BCUT2D eigenvalue weighted by Gasteiger charge is 2.41. The number of nitrogens with zero attached hydrogens (tertiary/aromatic N) is 2. The van der Waals surface area contributed by atoms with E-state index in [9.17, 15) is 9.59 Å². The Balaban J connectivity index is 1.66. The van der Waals surface area contributed by atoms with E-state index in [0.717, 1.165) is 42.8 Å². The van der Waals surface area contributed by atoms with Crippen LogP contribution in [-0.4, -0.2) is 73.7 Å². The van der Waals surface area contributed by atoms with Crippen LogP contribution in [0.3, 0.4) is 0 Å². The minimum atomic E-state index is -0.394. The predicted octanol–water partition coefficient (Wildman–Crippen LogP) is 1.33. The first kappa shape index (κ1) is 20.6. The largest absolute Gasteiger partial charge is 0.485 e. The number of benzene rings is 1. The molecular formula is C21H31N3O4. The Labute approximate surface area is 167 Å². The van der Waals surface area contributed by atoms with Gasteiger partial charge in [-0.25, -0.2) is 0 Å². The maximum Gasteiger partial charge on any atom is 0.234 e. The standard InChI is InChI=1S/C21H31N3O4/c1-16-4-5-19-18(12-16)13-24(17(2)25)15-21(28-19)6-9-23(10-7-21)14-20(26)22-8-11-27-3/h4-5,12H,6-11,13-15H2,1-3H3,(H,22,26). The van der Waals surface area contributed by atoms with Crippen LogP contribution in [0, 0.1) is 6.92 Å². The number of fused-ring (bicyclic) bond motifs is 1. The minimum absolute atomic E-state index is 0.0148. The zero-order chi connectivity index (χ0) is 20.1. The third-order valence-corrected chi connectivity index (χ3v) is 5.59. The molecule has 0 aromatic heterocycles. The fraction of sp³-hybridized carbons (Fsp3) is 0.619. The summed E-state index contributed by atoms with van der Waals surface area (Å²) in [6.45, 7) is 7.80. The molecule has 1 fully saturated rings. The molecule has 154 valence electrons. The molecule has 3 rings (SSSR count). The Hall–Kier alpha value is -2.12. The number of hydrogen-bond acceptors (Lipinski definition) is 5. The van der Waals surface area contributed by atoms with Gasteiger partial charge in [-0.3, -0.25) is 14.5 Å². The highest BCUT2D eigenvalue weighted by atomic mass is 16.5. The Kier molecular flexibility index (Phi) is 6.57. The summed E-state index contributed by atoms with van der Waals surface area (Å²) < 4.78 is 11.5. The molecular weight excluding hydrogens is 358 g/mol. The first-order chi connectivity index (χ1) is 13.4. The Morgan fingerprint density at radius 1 is 1.29 bits per heavy atom. The van der Waals surface area contributed by atoms with Crippen molar-refractivity contribution in [2.45, 2.75) is 38.8 Å². The van der Waals surface area contributed by atoms with Gasteiger partial charge in [-0.2, -0.15) is 0 Å². The van der Waals surface area contributed by atoms with Crippen LogP contribution in [0.1, 0.15) is 30.9 Å². The van der Waals surface area contributed by atoms with Crippen molar-refractivity contribution in [2.75, 3.05) is 46.4 Å². The molecule has 0 radical (unpaired) electrons. The third-order valence-electron chi connectivity index (χ3n) is 5.59. The number of nitrogens with one attached hydrogen (secondary N) is 1. The molecule has 0 unspecified atom stereocenters. The molecule has 2 amide bonds. The predicted molar refractivity (Wildman–Crippen MR) is 106 cm³/mol. The van der Waals surface area contributed by atoms with Crippen LogP contribution in [0.5, 0.6) is 5.75 Å². The van der Waals surface area contributed by atoms with Gasteiger partial charge >= 0.3 is 0 Å². The SMILES string of the molecule is COCCNC(=O)CN1CCC2(CC1)CN(C(C)=O)Cc1cc(C)ccc1O2. The second-order valence-corrected chi connectivity index (χ2v) is 7.89. The number of amides is 2. The van der Waals surface area contributed by atoms with E-state index in [-0.39, 0.29) is 11.8 Å². The monoisotopic (exact) mass is 389 g/mol. The number of aryl methyl sites for hydroxylation is 1. The van der Waals surface area contributed by atoms with E-state index in [2.05, 4.69) is 29.3 Å². The Morgan fingerprint density at radius 3 is 2.71 bits per heavy atom. The molecule has 2 aliphatic heterocycles. The average molecular weight is 389 g/mol. The first-order valence-corrected chi connectivity index (χ1v) is 9.93. The summed E-state index contributed by atoms with van der Waals surface area (Å²) in [5.41, 5.74) is 1.83. The fourth-order valence-electron chi connectivity index (χ4n) is 3.96. The molecule has 1 spiro atoms. The molecule has 1 aromatic carbocycles. The highest BCUT2D eigenvalue weighted by molar-refractivity contribution is 5.78. The van der Waals surface area contributed by atoms with Gasteiger partial charge < -0.3 is 19.7 Å². The lowest BCUT2D eigenvalue weighted by Crippen LogP contribution is -2.55. The van der Waals surface area contributed by atoms with Crippen LogP contribution in [0.4, 0.5) is 0 Å². The fourth-order valence-corrected chi connectivity index (χ4v) is 3.96. The van der Waals surface area contributed by atoms with E-state index in [1.807, 2.05) is 11.0 Å². The quantitative estimate of drug-likeness (QED) is 0.770. The second-order valence-electron chi connectivity index (χ2n) is 7.89. The average Bonchev–Trinajstić information content (AvgIpc) is 2.81. The molecule has 1 saturated heterocycles. The van der Waals surface area contributed by atoms with Gasteiger partial charge in [0.15, 0.2) is 0 Å². The summed E-state index contributed by atoms with van der Waals surface area (Å²) >= 11 is 0. The van der Waals surface area contributed by atoms with Crippen LogP contribution < -0.4 is 10.1 Å². The van der Waals surface area contributed by atoms with Crippen LogP contribution in [0.25, 0.3) is 0 Å². The van der Waals surface area contributed by atoms with E-state index in [0.29, 0.717) is 32.8 Å². The Bertz CT molecular complexity index is 714. The summed E-state index contributed by atoms with van der Waals surface area (Å²) in [7, 11) is 1.62. The molecule has 2 aliphatic rings. The van der Waals surface area contributed by atoms with Gasteiger partial charge in [0.2, 0.25) is 11.8 Å². The summed E-state index contributed by atoms with van der Waals surface area (Å²) in [4.78, 5) is 28.3. The number of likely N-dealkylation sites (tertiary alicyclic amines) is 1. The van der Waals surface area contributed by atoms with Crippen molar-refractivity contribution in [2.24, 2.45) is 0 Å². The number of rotatable bonds is 5. The maximum atomic E-state index is 12.2. The summed E-state index contributed by atoms with van der Waals surface area (Å²) in [6, 6.07) is 6.17. The molecule has 0 bridgehead atoms. The van der Waals surface area contributed by atoms with Gasteiger partial charge in [0.05, 0.1) is 19.7 Å². The van der Waals surface area contributed by atoms with E-state index in [4.69, 9.17) is 9.47 Å². The number of ether oxygens (including phenoxy) is 2. The van der Waals surface area contributed by atoms with E-state index in [1.54, 1.807) is 14.0 Å². The van der Waals surface area contributed by atoms with Crippen molar-refractivity contribution >= 4 is 11.8 Å². The van der Waals surface area contributed by atoms with E-state index in [1.165, 1.54) is 0 Å². The minimum Gasteiger partial charge on any atom is -0.485 e. The van der Waals surface area contributed by atoms with Gasteiger partial charge in [0.25, 0.3) is 0 Å². The molecule has 7 nitrogen and oxygen atoms in total. The lowest BCUT2D eigenvalue weighted by molar-refractivity contribution is -0.133. The molecule has 0 aliphatic carbocycles. The van der Waals surface area contributed by atoms with E-state index >= 15 is 0 Å². The van der Waals surface area contributed by atoms with Gasteiger partial charge in [0, 0.05) is 58.6 Å². The van der Waals surface area contributed by atoms with Gasteiger partial charge in [0.1, 0.15) is 11.4 Å². The molecule has 0 saturated carbocycles. The van der Waals surface area contributed by atoms with E-state index < -0.39 is 5.60 Å². The maximum absolute atomic E-state index is 12.2. The second kappa shape index (κ2) is 8.92. The number of carbonyl (C=O) groups excluding carboxylic acids is 2. The number of piperidine rings is 1.